The predicted molar refractivity (Wildman–Crippen MR) is 66.3 cm³/mol. The van der Waals surface area contributed by atoms with E-state index in [0.29, 0.717) is 19.6 Å². The van der Waals surface area contributed by atoms with Crippen molar-refractivity contribution in [2.75, 3.05) is 19.7 Å². The molecule has 0 aliphatic heterocycles. The van der Waals surface area contributed by atoms with Gasteiger partial charge in [0.05, 0.1) is 6.61 Å². The van der Waals surface area contributed by atoms with Gasteiger partial charge in [-0.3, -0.25) is 9.59 Å². The van der Waals surface area contributed by atoms with E-state index in [2.05, 4.69) is 0 Å². The number of esters is 1. The molecular weight excluding hydrogens is 220 g/mol. The Morgan fingerprint density at radius 2 is 1.88 bits per heavy atom. The molecule has 17 heavy (non-hydrogen) atoms. The van der Waals surface area contributed by atoms with Gasteiger partial charge in [0.2, 0.25) is 5.91 Å². The molecule has 0 aromatic rings. The average molecular weight is 244 g/mol. The van der Waals surface area contributed by atoms with E-state index in [1.165, 1.54) is 4.90 Å². The summed E-state index contributed by atoms with van der Waals surface area (Å²) >= 11 is 0. The summed E-state index contributed by atoms with van der Waals surface area (Å²) in [4.78, 5) is 24.9. The van der Waals surface area contributed by atoms with Crippen LogP contribution in [0.5, 0.6) is 0 Å². The van der Waals surface area contributed by atoms with E-state index >= 15 is 0 Å². The molecule has 0 bridgehead atoms. The van der Waals surface area contributed by atoms with Crippen LogP contribution in [0.25, 0.3) is 0 Å². The van der Waals surface area contributed by atoms with Crippen molar-refractivity contribution < 1.29 is 14.3 Å². The molecule has 0 fully saturated rings. The SMILES string of the molecule is CCOC(=O)CN(C(=O)CC(C)CN)C(C)C. The van der Waals surface area contributed by atoms with E-state index in [-0.39, 0.29) is 30.4 Å². The molecule has 2 N–H and O–H groups in total. The second-order valence-electron chi connectivity index (χ2n) is 4.47. The normalized spacial score (nSPS) is 12.4. The van der Waals surface area contributed by atoms with Gasteiger partial charge >= 0.3 is 5.97 Å². The smallest absolute Gasteiger partial charge is 0.325 e. The fraction of sp³-hybridized carbons (Fsp3) is 0.833. The zero-order valence-electron chi connectivity index (χ0n) is 11.2. The maximum absolute atomic E-state index is 12.0. The standard InChI is InChI=1S/C12H24N2O3/c1-5-17-12(16)8-14(9(2)3)11(15)6-10(4)7-13/h9-10H,5-8,13H2,1-4H3. The summed E-state index contributed by atoms with van der Waals surface area (Å²) in [6.45, 7) is 8.24. The highest BCUT2D eigenvalue weighted by molar-refractivity contribution is 5.82. The minimum absolute atomic E-state index is 0.0155. The monoisotopic (exact) mass is 244 g/mol. The van der Waals surface area contributed by atoms with Crippen LogP contribution in [0.4, 0.5) is 0 Å². The van der Waals surface area contributed by atoms with Crippen LogP contribution in [0.2, 0.25) is 0 Å². The summed E-state index contributed by atoms with van der Waals surface area (Å²) in [5, 5.41) is 0. The summed E-state index contributed by atoms with van der Waals surface area (Å²) in [5.74, 6) is -0.285. The van der Waals surface area contributed by atoms with Gasteiger partial charge in [-0.2, -0.15) is 0 Å². The number of nitrogens with zero attached hydrogens (tertiary/aromatic N) is 1. The first-order valence-corrected chi connectivity index (χ1v) is 6.07. The fourth-order valence-electron chi connectivity index (χ4n) is 1.40. The van der Waals surface area contributed by atoms with E-state index in [1.807, 2.05) is 20.8 Å². The highest BCUT2D eigenvalue weighted by atomic mass is 16.5. The van der Waals surface area contributed by atoms with Crippen LogP contribution in [0, 0.1) is 5.92 Å². The molecule has 1 amide bonds. The molecule has 0 spiro atoms. The maximum Gasteiger partial charge on any atom is 0.325 e. The van der Waals surface area contributed by atoms with E-state index < -0.39 is 0 Å². The van der Waals surface area contributed by atoms with Crippen LogP contribution < -0.4 is 5.73 Å². The first-order valence-electron chi connectivity index (χ1n) is 6.07. The van der Waals surface area contributed by atoms with Crippen LogP contribution in [0.15, 0.2) is 0 Å². The second-order valence-corrected chi connectivity index (χ2v) is 4.47. The maximum atomic E-state index is 12.0. The Bertz CT molecular complexity index is 254. The highest BCUT2D eigenvalue weighted by Gasteiger charge is 2.21. The molecule has 0 aliphatic carbocycles. The molecule has 0 radical (unpaired) electrons. The number of hydrogen-bond donors (Lipinski definition) is 1. The Labute approximate surface area is 103 Å². The van der Waals surface area contributed by atoms with E-state index in [1.54, 1.807) is 6.92 Å². The molecule has 0 aromatic heterocycles. The lowest BCUT2D eigenvalue weighted by atomic mass is 10.1. The van der Waals surface area contributed by atoms with E-state index in [9.17, 15) is 9.59 Å². The van der Waals surface area contributed by atoms with Crippen molar-refractivity contribution in [2.24, 2.45) is 11.7 Å². The molecule has 0 saturated carbocycles. The Kier molecular flexibility index (Phi) is 7.54. The molecule has 0 aliphatic rings. The van der Waals surface area contributed by atoms with Crippen molar-refractivity contribution in [3.05, 3.63) is 0 Å². The fourth-order valence-corrected chi connectivity index (χ4v) is 1.40. The molecule has 0 aromatic carbocycles. The van der Waals surface area contributed by atoms with Crippen molar-refractivity contribution in [3.8, 4) is 0 Å². The van der Waals surface area contributed by atoms with Gasteiger partial charge in [-0.1, -0.05) is 6.92 Å². The molecule has 1 unspecified atom stereocenters. The van der Waals surface area contributed by atoms with Crippen molar-refractivity contribution >= 4 is 11.9 Å². The van der Waals surface area contributed by atoms with Gasteiger partial charge in [0.1, 0.15) is 6.54 Å². The Morgan fingerprint density at radius 3 is 2.29 bits per heavy atom. The van der Waals surface area contributed by atoms with Gasteiger partial charge in [-0.15, -0.1) is 0 Å². The molecule has 1 atom stereocenters. The Hall–Kier alpha value is -1.10. The van der Waals surface area contributed by atoms with Gasteiger partial charge in [0.15, 0.2) is 0 Å². The lowest BCUT2D eigenvalue weighted by Crippen LogP contribution is -2.42. The molecule has 5 heteroatoms. The first kappa shape index (κ1) is 15.9. The first-order chi connectivity index (χ1) is 7.92. The quantitative estimate of drug-likeness (QED) is 0.671. The number of amides is 1. The lowest BCUT2D eigenvalue weighted by molar-refractivity contribution is -0.150. The number of nitrogens with two attached hydrogens (primary N) is 1. The van der Waals surface area contributed by atoms with Crippen LogP contribution in [-0.2, 0) is 14.3 Å². The van der Waals surface area contributed by atoms with Gasteiger partial charge in [-0.25, -0.2) is 0 Å². The van der Waals surface area contributed by atoms with Gasteiger partial charge in [0.25, 0.3) is 0 Å². The van der Waals surface area contributed by atoms with Crippen LogP contribution in [-0.4, -0.2) is 42.5 Å². The number of ether oxygens (including phenoxy) is 1. The zero-order chi connectivity index (χ0) is 13.4. The zero-order valence-corrected chi connectivity index (χ0v) is 11.2. The summed E-state index contributed by atoms with van der Waals surface area (Å²) in [6, 6.07) is -0.0168. The molecule has 0 heterocycles. The number of hydrogen-bond acceptors (Lipinski definition) is 4. The van der Waals surface area contributed by atoms with Crippen LogP contribution in [0.1, 0.15) is 34.1 Å². The molecule has 0 saturated heterocycles. The summed E-state index contributed by atoms with van der Waals surface area (Å²) < 4.78 is 4.85. The third kappa shape index (κ3) is 6.26. The summed E-state index contributed by atoms with van der Waals surface area (Å²) in [5.41, 5.74) is 5.48. The molecule has 0 rings (SSSR count). The minimum atomic E-state index is -0.366. The molecule has 100 valence electrons. The highest BCUT2D eigenvalue weighted by Crippen LogP contribution is 2.07. The van der Waals surface area contributed by atoms with Gasteiger partial charge < -0.3 is 15.4 Å². The minimum Gasteiger partial charge on any atom is -0.465 e. The third-order valence-corrected chi connectivity index (χ3v) is 2.47. The number of rotatable bonds is 7. The average Bonchev–Trinajstić information content (AvgIpc) is 2.25. The van der Waals surface area contributed by atoms with Gasteiger partial charge in [0, 0.05) is 12.5 Å². The van der Waals surface area contributed by atoms with Crippen molar-refractivity contribution in [2.45, 2.75) is 40.2 Å². The Morgan fingerprint density at radius 1 is 1.29 bits per heavy atom. The topological polar surface area (TPSA) is 72.6 Å². The van der Waals surface area contributed by atoms with Crippen LogP contribution >= 0.6 is 0 Å². The van der Waals surface area contributed by atoms with E-state index in [0.717, 1.165) is 0 Å². The van der Waals surface area contributed by atoms with Gasteiger partial charge in [-0.05, 0) is 33.2 Å². The van der Waals surface area contributed by atoms with Crippen molar-refractivity contribution in [1.82, 2.24) is 4.90 Å². The van der Waals surface area contributed by atoms with Crippen LogP contribution in [0.3, 0.4) is 0 Å². The number of carbonyl (C=O) groups excluding carboxylic acids is 2. The summed E-state index contributed by atoms with van der Waals surface area (Å²) in [6.07, 6.45) is 0.369. The largest absolute Gasteiger partial charge is 0.465 e. The second kappa shape index (κ2) is 8.06. The molecule has 5 nitrogen and oxygen atoms in total. The van der Waals surface area contributed by atoms with Crippen molar-refractivity contribution in [3.63, 3.8) is 0 Å². The number of carbonyl (C=O) groups is 2. The van der Waals surface area contributed by atoms with E-state index in [4.69, 9.17) is 10.5 Å². The molecular formula is C12H24N2O3. The van der Waals surface area contributed by atoms with Crippen molar-refractivity contribution in [1.29, 1.82) is 0 Å². The predicted octanol–water partition coefficient (Wildman–Crippen LogP) is 0.771. The third-order valence-electron chi connectivity index (χ3n) is 2.47. The Balaban J connectivity index is 4.41. The summed E-state index contributed by atoms with van der Waals surface area (Å²) in [7, 11) is 0. The lowest BCUT2D eigenvalue weighted by Gasteiger charge is -2.26.